The van der Waals surface area contributed by atoms with Gasteiger partial charge in [0.05, 0.1) is 18.6 Å². The molecule has 2 heterocycles. The Labute approximate surface area is 187 Å². The third-order valence-corrected chi connectivity index (χ3v) is 5.14. The Bertz CT molecular complexity index is 949. The summed E-state index contributed by atoms with van der Waals surface area (Å²) in [6.45, 7) is 6.46. The van der Waals surface area contributed by atoms with Crippen molar-refractivity contribution in [1.82, 2.24) is 9.91 Å². The first-order chi connectivity index (χ1) is 15.2. The molecule has 32 heavy (non-hydrogen) atoms. The molecule has 0 fully saturated rings. The lowest BCUT2D eigenvalue weighted by Crippen LogP contribution is -2.43. The van der Waals surface area contributed by atoms with Gasteiger partial charge in [0, 0.05) is 26.5 Å². The summed E-state index contributed by atoms with van der Waals surface area (Å²) in [6, 6.07) is 9.12. The Morgan fingerprint density at radius 2 is 1.97 bits per heavy atom. The van der Waals surface area contributed by atoms with Gasteiger partial charge in [0.15, 0.2) is 0 Å². The summed E-state index contributed by atoms with van der Waals surface area (Å²) in [4.78, 5) is 27.7. The molecule has 8 heteroatoms. The van der Waals surface area contributed by atoms with Crippen LogP contribution < -0.4 is 0 Å². The average Bonchev–Trinajstić information content (AvgIpc) is 3.40. The molecule has 2 amide bonds. The maximum atomic E-state index is 13.3. The van der Waals surface area contributed by atoms with Gasteiger partial charge in [-0.25, -0.2) is 9.40 Å². The molecule has 0 bridgehead atoms. The molecule has 3 rings (SSSR count). The van der Waals surface area contributed by atoms with Gasteiger partial charge in [0.2, 0.25) is 5.91 Å². The van der Waals surface area contributed by atoms with Crippen molar-refractivity contribution < 1.29 is 23.1 Å². The van der Waals surface area contributed by atoms with Gasteiger partial charge in [0.1, 0.15) is 24.2 Å². The third-order valence-electron chi connectivity index (χ3n) is 5.14. The number of carbonyl (C=O) groups excluding carboxylic acids is 2. The Kier molecular flexibility index (Phi) is 7.45. The molecular weight excluding hydrogens is 413 g/mol. The van der Waals surface area contributed by atoms with E-state index in [9.17, 15) is 14.0 Å². The van der Waals surface area contributed by atoms with Crippen molar-refractivity contribution in [1.29, 1.82) is 0 Å². The highest BCUT2D eigenvalue weighted by atomic mass is 19.1. The highest BCUT2D eigenvalue weighted by Gasteiger charge is 2.36. The molecule has 1 aliphatic heterocycles. The van der Waals surface area contributed by atoms with Gasteiger partial charge < -0.3 is 14.1 Å². The number of nitrogens with zero attached hydrogens (tertiary/aromatic N) is 3. The molecule has 0 saturated carbocycles. The fourth-order valence-electron chi connectivity index (χ4n) is 3.55. The maximum absolute atomic E-state index is 13.3. The summed E-state index contributed by atoms with van der Waals surface area (Å²) in [6.07, 6.45) is 2.29. The van der Waals surface area contributed by atoms with Crippen LogP contribution in [-0.2, 0) is 14.3 Å². The van der Waals surface area contributed by atoms with E-state index in [0.717, 1.165) is 5.56 Å². The van der Waals surface area contributed by atoms with Gasteiger partial charge in [-0.15, -0.1) is 0 Å². The number of hydrazone groups is 1. The normalized spacial score (nSPS) is 16.2. The van der Waals surface area contributed by atoms with Crippen molar-refractivity contribution in [2.45, 2.75) is 39.7 Å². The van der Waals surface area contributed by atoms with E-state index in [1.807, 2.05) is 20.8 Å². The van der Waals surface area contributed by atoms with Crippen LogP contribution >= 0.6 is 0 Å². The second-order valence-electron chi connectivity index (χ2n) is 9.07. The molecule has 0 spiro atoms. The second-order valence-corrected chi connectivity index (χ2v) is 9.07. The Hall–Kier alpha value is -3.00. The number of halogens is 1. The van der Waals surface area contributed by atoms with Crippen LogP contribution in [0.2, 0.25) is 0 Å². The molecule has 1 aliphatic rings. The van der Waals surface area contributed by atoms with Crippen LogP contribution in [0.5, 0.6) is 0 Å². The van der Waals surface area contributed by atoms with E-state index in [2.05, 4.69) is 5.10 Å². The molecule has 0 N–H and O–H groups in total. The summed E-state index contributed by atoms with van der Waals surface area (Å²) in [7, 11) is 1.56. The third kappa shape index (κ3) is 6.03. The number of rotatable bonds is 8. The first-order valence-corrected chi connectivity index (χ1v) is 10.6. The highest BCUT2D eigenvalue weighted by molar-refractivity contribution is 6.03. The standard InChI is InChI=1S/C24H30FN3O4/c1-24(2,3)15-22(29)27(11-13-31-4)16-23(30)28-20(21-6-5-12-32-21)14-19(26-28)17-7-9-18(25)10-8-17/h5-10,12,20H,11,13-16H2,1-4H3. The molecule has 1 aromatic carbocycles. The van der Waals surface area contributed by atoms with E-state index in [0.29, 0.717) is 37.5 Å². The van der Waals surface area contributed by atoms with Crippen molar-refractivity contribution >= 4 is 17.5 Å². The van der Waals surface area contributed by atoms with Gasteiger partial charge in [-0.3, -0.25) is 9.59 Å². The van der Waals surface area contributed by atoms with E-state index in [4.69, 9.17) is 9.15 Å². The molecule has 1 aromatic heterocycles. The Morgan fingerprint density at radius 1 is 1.25 bits per heavy atom. The SMILES string of the molecule is COCCN(CC(=O)N1N=C(c2ccc(F)cc2)CC1c1ccco1)C(=O)CC(C)(C)C. The Morgan fingerprint density at radius 3 is 2.56 bits per heavy atom. The Balaban J connectivity index is 1.83. The summed E-state index contributed by atoms with van der Waals surface area (Å²) in [5, 5.41) is 5.92. The average molecular weight is 444 g/mol. The maximum Gasteiger partial charge on any atom is 0.262 e. The summed E-state index contributed by atoms with van der Waals surface area (Å²) < 4.78 is 24.0. The number of ether oxygens (including phenoxy) is 1. The number of methoxy groups -OCH3 is 1. The molecule has 1 unspecified atom stereocenters. The summed E-state index contributed by atoms with van der Waals surface area (Å²) in [5.74, 6) is -0.168. The van der Waals surface area contributed by atoms with Crippen LogP contribution in [-0.4, -0.2) is 54.2 Å². The van der Waals surface area contributed by atoms with Crippen LogP contribution in [0.4, 0.5) is 4.39 Å². The molecule has 172 valence electrons. The number of furan rings is 1. The predicted molar refractivity (Wildman–Crippen MR) is 118 cm³/mol. The first-order valence-electron chi connectivity index (χ1n) is 10.6. The summed E-state index contributed by atoms with van der Waals surface area (Å²) in [5.41, 5.74) is 1.19. The van der Waals surface area contributed by atoms with Crippen LogP contribution in [0.25, 0.3) is 0 Å². The van der Waals surface area contributed by atoms with Gasteiger partial charge in [0.25, 0.3) is 5.91 Å². The molecule has 0 radical (unpaired) electrons. The zero-order valence-electron chi connectivity index (χ0n) is 19.0. The topological polar surface area (TPSA) is 75.3 Å². The van der Waals surface area contributed by atoms with Gasteiger partial charge in [-0.05, 0) is 35.2 Å². The first kappa shape index (κ1) is 23.7. The number of carbonyl (C=O) groups is 2. The minimum atomic E-state index is -0.431. The van der Waals surface area contributed by atoms with E-state index < -0.39 is 6.04 Å². The predicted octanol–water partition coefficient (Wildman–Crippen LogP) is 4.01. The molecule has 0 saturated heterocycles. The fourth-order valence-corrected chi connectivity index (χ4v) is 3.55. The zero-order valence-corrected chi connectivity index (χ0v) is 19.0. The van der Waals surface area contributed by atoms with Crippen molar-refractivity contribution in [3.05, 3.63) is 59.8 Å². The number of amides is 2. The van der Waals surface area contributed by atoms with Crippen LogP contribution in [0.1, 0.15) is 51.0 Å². The van der Waals surface area contributed by atoms with E-state index in [1.54, 1.807) is 37.6 Å². The number of benzene rings is 1. The lowest BCUT2D eigenvalue weighted by Gasteiger charge is -2.28. The largest absolute Gasteiger partial charge is 0.467 e. The van der Waals surface area contributed by atoms with Gasteiger partial charge in [-0.2, -0.15) is 5.10 Å². The lowest BCUT2D eigenvalue weighted by molar-refractivity contribution is -0.143. The zero-order chi connectivity index (χ0) is 23.3. The van der Waals surface area contributed by atoms with Gasteiger partial charge >= 0.3 is 0 Å². The highest BCUT2D eigenvalue weighted by Crippen LogP contribution is 2.33. The van der Waals surface area contributed by atoms with Crippen molar-refractivity contribution in [3.8, 4) is 0 Å². The fraction of sp³-hybridized carbons (Fsp3) is 0.458. The number of hydrogen-bond donors (Lipinski definition) is 0. The van der Waals surface area contributed by atoms with Crippen LogP contribution in [0.15, 0.2) is 52.2 Å². The van der Waals surface area contributed by atoms with Crippen molar-refractivity contribution in [3.63, 3.8) is 0 Å². The van der Waals surface area contributed by atoms with Gasteiger partial charge in [-0.1, -0.05) is 32.9 Å². The smallest absolute Gasteiger partial charge is 0.262 e. The van der Waals surface area contributed by atoms with Crippen molar-refractivity contribution in [2.24, 2.45) is 10.5 Å². The molecular formula is C24H30FN3O4. The molecule has 1 atom stereocenters. The summed E-state index contributed by atoms with van der Waals surface area (Å²) >= 11 is 0. The lowest BCUT2D eigenvalue weighted by atomic mass is 9.91. The van der Waals surface area contributed by atoms with Crippen LogP contribution in [0, 0.1) is 11.2 Å². The van der Waals surface area contributed by atoms with Crippen molar-refractivity contribution in [2.75, 3.05) is 26.8 Å². The quantitative estimate of drug-likeness (QED) is 0.618. The second kappa shape index (κ2) is 10.1. The monoisotopic (exact) mass is 443 g/mol. The minimum absolute atomic E-state index is 0.112. The molecule has 0 aliphatic carbocycles. The minimum Gasteiger partial charge on any atom is -0.467 e. The van der Waals surface area contributed by atoms with Crippen LogP contribution in [0.3, 0.4) is 0 Å². The van der Waals surface area contributed by atoms with E-state index in [1.165, 1.54) is 22.0 Å². The number of hydrogen-bond acceptors (Lipinski definition) is 5. The van der Waals surface area contributed by atoms with E-state index in [-0.39, 0.29) is 29.6 Å². The van der Waals surface area contributed by atoms with E-state index >= 15 is 0 Å². The molecule has 2 aromatic rings. The molecule has 7 nitrogen and oxygen atoms in total.